The van der Waals surface area contributed by atoms with Gasteiger partial charge < -0.3 is 9.30 Å². The van der Waals surface area contributed by atoms with Crippen molar-refractivity contribution in [1.29, 1.82) is 0 Å². The Hall–Kier alpha value is -1.55. The number of nitrogens with zero attached hydrogens (tertiary/aromatic N) is 3. The van der Waals surface area contributed by atoms with Gasteiger partial charge in [0.2, 0.25) is 0 Å². The SMILES string of the molecule is COc1cnc2c(c1)c(C)c1n2CCN(C(C)C)C1. The first-order valence-corrected chi connectivity index (χ1v) is 6.87. The average Bonchev–Trinajstić information content (AvgIpc) is 2.71. The van der Waals surface area contributed by atoms with E-state index >= 15 is 0 Å². The molecule has 0 bridgehead atoms. The summed E-state index contributed by atoms with van der Waals surface area (Å²) in [5.41, 5.74) is 3.83. The van der Waals surface area contributed by atoms with Gasteiger partial charge in [0.15, 0.2) is 0 Å². The molecule has 0 saturated carbocycles. The van der Waals surface area contributed by atoms with Crippen molar-refractivity contribution in [2.24, 2.45) is 0 Å². The minimum Gasteiger partial charge on any atom is -0.495 e. The first-order chi connectivity index (χ1) is 9.11. The Balaban J connectivity index is 2.13. The molecule has 2 aromatic rings. The molecule has 1 aliphatic heterocycles. The predicted octanol–water partition coefficient (Wildman–Crippen LogP) is 2.58. The smallest absolute Gasteiger partial charge is 0.140 e. The Labute approximate surface area is 114 Å². The van der Waals surface area contributed by atoms with Crippen LogP contribution in [0.15, 0.2) is 12.3 Å². The lowest BCUT2D eigenvalue weighted by Crippen LogP contribution is -2.38. The number of hydrogen-bond acceptors (Lipinski definition) is 3. The van der Waals surface area contributed by atoms with Gasteiger partial charge in [-0.15, -0.1) is 0 Å². The number of methoxy groups -OCH3 is 1. The second kappa shape index (κ2) is 4.53. The molecule has 0 unspecified atom stereocenters. The Bertz CT molecular complexity index is 615. The summed E-state index contributed by atoms with van der Waals surface area (Å²) >= 11 is 0. The van der Waals surface area contributed by atoms with E-state index in [4.69, 9.17) is 4.74 Å². The summed E-state index contributed by atoms with van der Waals surface area (Å²) < 4.78 is 7.65. The highest BCUT2D eigenvalue weighted by atomic mass is 16.5. The molecule has 0 atom stereocenters. The largest absolute Gasteiger partial charge is 0.495 e. The van der Waals surface area contributed by atoms with E-state index in [1.54, 1.807) is 7.11 Å². The van der Waals surface area contributed by atoms with Crippen LogP contribution < -0.4 is 4.74 Å². The van der Waals surface area contributed by atoms with E-state index in [-0.39, 0.29) is 0 Å². The van der Waals surface area contributed by atoms with E-state index in [0.29, 0.717) is 6.04 Å². The normalized spacial score (nSPS) is 16.1. The standard InChI is InChI=1S/C15H21N3O/c1-10(2)17-5-6-18-14(9-17)11(3)13-7-12(19-4)8-16-15(13)18/h7-8,10H,5-6,9H2,1-4H3. The molecule has 0 aromatic carbocycles. The summed E-state index contributed by atoms with van der Waals surface area (Å²) in [6.45, 7) is 9.85. The number of pyridine rings is 1. The Kier molecular flexibility index (Phi) is 2.97. The van der Waals surface area contributed by atoms with E-state index in [1.165, 1.54) is 16.6 Å². The van der Waals surface area contributed by atoms with Crippen molar-refractivity contribution in [3.8, 4) is 5.75 Å². The molecule has 3 rings (SSSR count). The second-order valence-corrected chi connectivity index (χ2v) is 5.53. The third-order valence-electron chi connectivity index (χ3n) is 4.19. The van der Waals surface area contributed by atoms with Crippen molar-refractivity contribution >= 4 is 11.0 Å². The highest BCUT2D eigenvalue weighted by Crippen LogP contribution is 2.30. The van der Waals surface area contributed by atoms with Gasteiger partial charge in [-0.05, 0) is 32.4 Å². The van der Waals surface area contributed by atoms with Gasteiger partial charge >= 0.3 is 0 Å². The highest BCUT2D eigenvalue weighted by Gasteiger charge is 2.23. The molecule has 0 saturated heterocycles. The summed E-state index contributed by atoms with van der Waals surface area (Å²) in [5.74, 6) is 0.833. The van der Waals surface area contributed by atoms with Crippen LogP contribution in [-0.4, -0.2) is 34.1 Å². The lowest BCUT2D eigenvalue weighted by Gasteiger charge is -2.32. The van der Waals surface area contributed by atoms with Crippen LogP contribution in [0.25, 0.3) is 11.0 Å². The van der Waals surface area contributed by atoms with Gasteiger partial charge in [-0.2, -0.15) is 0 Å². The number of hydrogen-bond donors (Lipinski definition) is 0. The fourth-order valence-corrected chi connectivity index (χ4v) is 2.91. The van der Waals surface area contributed by atoms with Crippen LogP contribution in [0.2, 0.25) is 0 Å². The summed E-state index contributed by atoms with van der Waals surface area (Å²) in [6, 6.07) is 2.69. The van der Waals surface area contributed by atoms with Crippen molar-refractivity contribution in [1.82, 2.24) is 14.5 Å². The van der Waals surface area contributed by atoms with Crippen molar-refractivity contribution in [2.45, 2.75) is 39.9 Å². The lowest BCUT2D eigenvalue weighted by molar-refractivity contribution is 0.178. The zero-order chi connectivity index (χ0) is 13.6. The van der Waals surface area contributed by atoms with Crippen molar-refractivity contribution in [3.05, 3.63) is 23.5 Å². The van der Waals surface area contributed by atoms with Crippen LogP contribution in [0, 0.1) is 6.92 Å². The fourth-order valence-electron chi connectivity index (χ4n) is 2.91. The van der Waals surface area contributed by atoms with Crippen LogP contribution in [0.4, 0.5) is 0 Å². The maximum absolute atomic E-state index is 5.29. The number of rotatable bonds is 2. The predicted molar refractivity (Wildman–Crippen MR) is 76.6 cm³/mol. The maximum atomic E-state index is 5.29. The zero-order valence-electron chi connectivity index (χ0n) is 12.1. The van der Waals surface area contributed by atoms with Crippen LogP contribution in [0.3, 0.4) is 0 Å². The van der Waals surface area contributed by atoms with Gasteiger partial charge in [-0.1, -0.05) is 0 Å². The number of ether oxygens (including phenoxy) is 1. The summed E-state index contributed by atoms with van der Waals surface area (Å²) in [5, 5.41) is 1.22. The second-order valence-electron chi connectivity index (χ2n) is 5.53. The molecule has 0 N–H and O–H groups in total. The Morgan fingerprint density at radius 3 is 2.79 bits per heavy atom. The third kappa shape index (κ3) is 1.91. The molecule has 4 heteroatoms. The van der Waals surface area contributed by atoms with Gasteiger partial charge in [-0.3, -0.25) is 4.90 Å². The van der Waals surface area contributed by atoms with Crippen LogP contribution in [0.1, 0.15) is 25.1 Å². The zero-order valence-corrected chi connectivity index (χ0v) is 12.1. The van der Waals surface area contributed by atoms with E-state index in [1.807, 2.05) is 6.20 Å². The van der Waals surface area contributed by atoms with Gasteiger partial charge in [0.1, 0.15) is 11.4 Å². The maximum Gasteiger partial charge on any atom is 0.140 e. The summed E-state index contributed by atoms with van der Waals surface area (Å²) in [7, 11) is 1.69. The molecular weight excluding hydrogens is 238 g/mol. The van der Waals surface area contributed by atoms with E-state index in [9.17, 15) is 0 Å². The summed E-state index contributed by atoms with van der Waals surface area (Å²) in [6.07, 6.45) is 1.81. The number of aryl methyl sites for hydroxylation is 1. The van der Waals surface area contributed by atoms with Crippen LogP contribution in [-0.2, 0) is 13.1 Å². The molecule has 0 fully saturated rings. The van der Waals surface area contributed by atoms with Crippen LogP contribution >= 0.6 is 0 Å². The van der Waals surface area contributed by atoms with Gasteiger partial charge in [0.05, 0.1) is 13.3 Å². The molecule has 102 valence electrons. The monoisotopic (exact) mass is 259 g/mol. The molecule has 3 heterocycles. The van der Waals surface area contributed by atoms with Crippen molar-refractivity contribution < 1.29 is 4.74 Å². The quantitative estimate of drug-likeness (QED) is 0.830. The summed E-state index contributed by atoms with van der Waals surface area (Å²) in [4.78, 5) is 7.09. The van der Waals surface area contributed by atoms with Gasteiger partial charge in [0.25, 0.3) is 0 Å². The molecule has 2 aromatic heterocycles. The van der Waals surface area contributed by atoms with E-state index < -0.39 is 0 Å². The van der Waals surface area contributed by atoms with Crippen LogP contribution in [0.5, 0.6) is 5.75 Å². The van der Waals surface area contributed by atoms with Crippen molar-refractivity contribution in [3.63, 3.8) is 0 Å². The molecule has 1 aliphatic rings. The van der Waals surface area contributed by atoms with E-state index in [0.717, 1.165) is 31.0 Å². The first kappa shape index (κ1) is 12.5. The fraction of sp³-hybridized carbons (Fsp3) is 0.533. The molecule has 0 spiro atoms. The number of fused-ring (bicyclic) bond motifs is 3. The molecule has 0 aliphatic carbocycles. The molecule has 19 heavy (non-hydrogen) atoms. The van der Waals surface area contributed by atoms with Gasteiger partial charge in [0, 0.05) is 36.8 Å². The molecule has 4 nitrogen and oxygen atoms in total. The highest BCUT2D eigenvalue weighted by molar-refractivity contribution is 5.83. The molecule has 0 radical (unpaired) electrons. The molecular formula is C15H21N3O. The Morgan fingerprint density at radius 1 is 1.32 bits per heavy atom. The lowest BCUT2D eigenvalue weighted by atomic mass is 10.1. The topological polar surface area (TPSA) is 30.3 Å². The number of aromatic nitrogens is 2. The van der Waals surface area contributed by atoms with Gasteiger partial charge in [-0.25, -0.2) is 4.98 Å². The minimum atomic E-state index is 0.591. The van der Waals surface area contributed by atoms with E-state index in [2.05, 4.69) is 41.3 Å². The average molecular weight is 259 g/mol. The molecule has 0 amide bonds. The van der Waals surface area contributed by atoms with Crippen molar-refractivity contribution in [2.75, 3.05) is 13.7 Å². The first-order valence-electron chi connectivity index (χ1n) is 6.87. The Morgan fingerprint density at radius 2 is 2.11 bits per heavy atom. The third-order valence-corrected chi connectivity index (χ3v) is 4.19. The minimum absolute atomic E-state index is 0.591.